The molecule has 1 aromatic rings. The lowest BCUT2D eigenvalue weighted by Gasteiger charge is -2.12. The molecule has 1 rings (SSSR count). The molecule has 4 heteroatoms. The number of rotatable bonds is 4. The van der Waals surface area contributed by atoms with Gasteiger partial charge in [0.25, 0.3) is 0 Å². The second kappa shape index (κ2) is 5.86. The standard InChI is InChI=1S/C12H15N3O/c1-9(2)7-12(16)15-11(8-13)10-3-5-14-6-4-10/h3-6,9,11H,7H2,1-2H3,(H,15,16). The SMILES string of the molecule is CC(C)CC(=O)NC(C#N)c1ccncc1. The van der Waals surface area contributed by atoms with Crippen molar-refractivity contribution in [3.05, 3.63) is 30.1 Å². The van der Waals surface area contributed by atoms with Crippen LogP contribution in [0.25, 0.3) is 0 Å². The number of hydrogen-bond acceptors (Lipinski definition) is 3. The van der Waals surface area contributed by atoms with Gasteiger partial charge in [-0.2, -0.15) is 5.26 Å². The van der Waals surface area contributed by atoms with Crippen LogP contribution in [-0.2, 0) is 4.79 Å². The average molecular weight is 217 g/mol. The molecule has 0 radical (unpaired) electrons. The molecule has 0 saturated carbocycles. The molecular formula is C12H15N3O. The summed E-state index contributed by atoms with van der Waals surface area (Å²) in [6, 6.07) is 4.93. The Morgan fingerprint density at radius 3 is 2.62 bits per heavy atom. The molecule has 0 aliphatic carbocycles. The summed E-state index contributed by atoms with van der Waals surface area (Å²) in [6.45, 7) is 3.93. The van der Waals surface area contributed by atoms with Gasteiger partial charge in [0, 0.05) is 18.8 Å². The fourth-order valence-electron chi connectivity index (χ4n) is 1.34. The zero-order chi connectivity index (χ0) is 12.0. The maximum Gasteiger partial charge on any atom is 0.221 e. The number of amides is 1. The summed E-state index contributed by atoms with van der Waals surface area (Å²) in [7, 11) is 0. The fraction of sp³-hybridized carbons (Fsp3) is 0.417. The fourth-order valence-corrected chi connectivity index (χ4v) is 1.34. The van der Waals surface area contributed by atoms with Crippen molar-refractivity contribution in [2.45, 2.75) is 26.3 Å². The number of aromatic nitrogens is 1. The Balaban J connectivity index is 2.64. The van der Waals surface area contributed by atoms with E-state index in [2.05, 4.69) is 16.4 Å². The molecule has 1 amide bonds. The molecule has 16 heavy (non-hydrogen) atoms. The van der Waals surface area contributed by atoms with E-state index < -0.39 is 6.04 Å². The zero-order valence-corrected chi connectivity index (χ0v) is 9.47. The zero-order valence-electron chi connectivity index (χ0n) is 9.47. The Hall–Kier alpha value is -1.89. The second-order valence-corrected chi connectivity index (χ2v) is 4.01. The van der Waals surface area contributed by atoms with Crippen molar-refractivity contribution < 1.29 is 4.79 Å². The van der Waals surface area contributed by atoms with E-state index in [1.807, 2.05) is 13.8 Å². The number of nitrogens with zero attached hydrogens (tertiary/aromatic N) is 2. The highest BCUT2D eigenvalue weighted by molar-refractivity contribution is 5.77. The summed E-state index contributed by atoms with van der Waals surface area (Å²) in [4.78, 5) is 15.4. The van der Waals surface area contributed by atoms with Crippen LogP contribution in [0.4, 0.5) is 0 Å². The predicted molar refractivity (Wildman–Crippen MR) is 60.2 cm³/mol. The van der Waals surface area contributed by atoms with Gasteiger partial charge in [-0.15, -0.1) is 0 Å². The van der Waals surface area contributed by atoms with Gasteiger partial charge in [-0.1, -0.05) is 13.8 Å². The Morgan fingerprint density at radius 2 is 2.12 bits per heavy atom. The number of hydrogen-bond donors (Lipinski definition) is 1. The molecule has 4 nitrogen and oxygen atoms in total. The summed E-state index contributed by atoms with van der Waals surface area (Å²) < 4.78 is 0. The van der Waals surface area contributed by atoms with E-state index in [4.69, 9.17) is 5.26 Å². The van der Waals surface area contributed by atoms with Crippen LogP contribution < -0.4 is 5.32 Å². The van der Waals surface area contributed by atoms with Gasteiger partial charge < -0.3 is 5.32 Å². The largest absolute Gasteiger partial charge is 0.337 e. The molecule has 0 spiro atoms. The summed E-state index contributed by atoms with van der Waals surface area (Å²) in [6.07, 6.45) is 3.64. The number of nitriles is 1. The summed E-state index contributed by atoms with van der Waals surface area (Å²) >= 11 is 0. The van der Waals surface area contributed by atoms with Crippen LogP contribution in [0, 0.1) is 17.2 Å². The second-order valence-electron chi connectivity index (χ2n) is 4.01. The minimum Gasteiger partial charge on any atom is -0.337 e. The van der Waals surface area contributed by atoms with Crippen LogP contribution in [0.2, 0.25) is 0 Å². The molecule has 1 unspecified atom stereocenters. The van der Waals surface area contributed by atoms with Crippen molar-refractivity contribution in [3.8, 4) is 6.07 Å². The first-order valence-electron chi connectivity index (χ1n) is 5.22. The predicted octanol–water partition coefficient (Wildman–Crippen LogP) is 1.81. The number of pyridine rings is 1. The summed E-state index contributed by atoms with van der Waals surface area (Å²) in [5, 5.41) is 11.7. The van der Waals surface area contributed by atoms with E-state index in [1.54, 1.807) is 24.5 Å². The Morgan fingerprint density at radius 1 is 1.50 bits per heavy atom. The highest BCUT2D eigenvalue weighted by Crippen LogP contribution is 2.11. The van der Waals surface area contributed by atoms with E-state index in [0.29, 0.717) is 6.42 Å². The molecule has 0 saturated heterocycles. The molecule has 0 aliphatic heterocycles. The van der Waals surface area contributed by atoms with Gasteiger partial charge in [-0.05, 0) is 23.6 Å². The van der Waals surface area contributed by atoms with Gasteiger partial charge in [-0.25, -0.2) is 0 Å². The van der Waals surface area contributed by atoms with E-state index >= 15 is 0 Å². The molecule has 1 atom stereocenters. The van der Waals surface area contributed by atoms with E-state index in [9.17, 15) is 4.79 Å². The average Bonchev–Trinajstić information content (AvgIpc) is 2.26. The van der Waals surface area contributed by atoms with E-state index in [1.165, 1.54) is 0 Å². The Labute approximate surface area is 95.3 Å². The van der Waals surface area contributed by atoms with Crippen LogP contribution in [0.3, 0.4) is 0 Å². The maximum atomic E-state index is 11.5. The topological polar surface area (TPSA) is 65.8 Å². The third-order valence-corrected chi connectivity index (χ3v) is 2.07. The van der Waals surface area contributed by atoms with E-state index in [-0.39, 0.29) is 11.8 Å². The summed E-state index contributed by atoms with van der Waals surface area (Å²) in [5.74, 6) is 0.190. The number of nitrogens with one attached hydrogen (secondary N) is 1. The first-order chi connectivity index (χ1) is 7.63. The molecule has 0 aliphatic rings. The van der Waals surface area contributed by atoms with Gasteiger partial charge in [0.2, 0.25) is 5.91 Å². The first kappa shape index (κ1) is 12.2. The minimum atomic E-state index is -0.589. The van der Waals surface area contributed by atoms with Crippen molar-refractivity contribution in [3.63, 3.8) is 0 Å². The monoisotopic (exact) mass is 217 g/mol. The van der Waals surface area contributed by atoms with Crippen molar-refractivity contribution in [2.75, 3.05) is 0 Å². The molecular weight excluding hydrogens is 202 g/mol. The normalized spacial score (nSPS) is 11.9. The lowest BCUT2D eigenvalue weighted by molar-refractivity contribution is -0.122. The van der Waals surface area contributed by atoms with Crippen LogP contribution in [0.5, 0.6) is 0 Å². The van der Waals surface area contributed by atoms with Crippen LogP contribution in [0.15, 0.2) is 24.5 Å². The van der Waals surface area contributed by atoms with Gasteiger partial charge in [0.1, 0.15) is 6.04 Å². The Bertz CT molecular complexity index is 381. The molecule has 0 fully saturated rings. The summed E-state index contributed by atoms with van der Waals surface area (Å²) in [5.41, 5.74) is 0.759. The molecule has 0 aromatic carbocycles. The highest BCUT2D eigenvalue weighted by Gasteiger charge is 2.13. The van der Waals surface area contributed by atoms with Crippen molar-refractivity contribution in [2.24, 2.45) is 5.92 Å². The molecule has 84 valence electrons. The van der Waals surface area contributed by atoms with Gasteiger partial charge in [-0.3, -0.25) is 9.78 Å². The van der Waals surface area contributed by atoms with Crippen LogP contribution in [0.1, 0.15) is 31.9 Å². The van der Waals surface area contributed by atoms with Gasteiger partial charge >= 0.3 is 0 Å². The lowest BCUT2D eigenvalue weighted by atomic mass is 10.1. The van der Waals surface area contributed by atoms with Crippen LogP contribution in [-0.4, -0.2) is 10.9 Å². The molecule has 1 N–H and O–H groups in total. The number of carbonyl (C=O) groups is 1. The van der Waals surface area contributed by atoms with Gasteiger partial charge in [0.05, 0.1) is 6.07 Å². The van der Waals surface area contributed by atoms with E-state index in [0.717, 1.165) is 5.56 Å². The minimum absolute atomic E-state index is 0.0987. The quantitative estimate of drug-likeness (QED) is 0.836. The van der Waals surface area contributed by atoms with Crippen molar-refractivity contribution >= 4 is 5.91 Å². The highest BCUT2D eigenvalue weighted by atomic mass is 16.1. The number of carbonyl (C=O) groups excluding carboxylic acids is 1. The van der Waals surface area contributed by atoms with Crippen molar-refractivity contribution in [1.29, 1.82) is 5.26 Å². The molecule has 1 heterocycles. The third-order valence-electron chi connectivity index (χ3n) is 2.07. The first-order valence-corrected chi connectivity index (χ1v) is 5.22. The molecule has 1 aromatic heterocycles. The maximum absolute atomic E-state index is 11.5. The third kappa shape index (κ3) is 3.70. The van der Waals surface area contributed by atoms with Gasteiger partial charge in [0.15, 0.2) is 0 Å². The lowest BCUT2D eigenvalue weighted by Crippen LogP contribution is -2.28. The smallest absolute Gasteiger partial charge is 0.221 e. The Kier molecular flexibility index (Phi) is 4.46. The molecule has 0 bridgehead atoms. The van der Waals surface area contributed by atoms with Crippen molar-refractivity contribution in [1.82, 2.24) is 10.3 Å². The van der Waals surface area contributed by atoms with Crippen LogP contribution >= 0.6 is 0 Å².